The van der Waals surface area contributed by atoms with Crippen molar-refractivity contribution in [1.29, 1.82) is 0 Å². The van der Waals surface area contributed by atoms with Gasteiger partial charge in [-0.05, 0) is 54.9 Å². The maximum atomic E-state index is 13.1. The monoisotopic (exact) mass is 404 g/mol. The number of carbonyl (C=O) groups excluding carboxylic acids is 1. The third-order valence-corrected chi connectivity index (χ3v) is 6.62. The second kappa shape index (κ2) is 7.79. The Labute approximate surface area is 168 Å². The number of amides is 1. The first-order valence-electron chi connectivity index (χ1n) is 9.75. The lowest BCUT2D eigenvalue weighted by molar-refractivity contribution is -0.0231. The summed E-state index contributed by atoms with van der Waals surface area (Å²) in [6.07, 6.45) is 0.361. The number of aliphatic hydroxyl groups is 1. The van der Waals surface area contributed by atoms with Crippen LogP contribution in [0.25, 0.3) is 0 Å². The second-order valence-electron chi connectivity index (χ2n) is 8.11. The summed E-state index contributed by atoms with van der Waals surface area (Å²) in [5.41, 5.74) is 0.952. The minimum Gasteiger partial charge on any atom is -0.488 e. The molecule has 28 heavy (non-hydrogen) atoms. The topological polar surface area (TPSA) is 62.7 Å². The lowest BCUT2D eigenvalue weighted by Crippen LogP contribution is -2.42. The van der Waals surface area contributed by atoms with E-state index in [1.807, 2.05) is 10.3 Å². The van der Waals surface area contributed by atoms with Crippen molar-refractivity contribution in [3.8, 4) is 5.75 Å². The van der Waals surface area contributed by atoms with Gasteiger partial charge in [0.25, 0.3) is 5.91 Å². The highest BCUT2D eigenvalue weighted by molar-refractivity contribution is 7.11. The van der Waals surface area contributed by atoms with Crippen LogP contribution in [0, 0.1) is 17.7 Å². The van der Waals surface area contributed by atoms with Crippen molar-refractivity contribution in [2.75, 3.05) is 13.1 Å². The van der Waals surface area contributed by atoms with Crippen molar-refractivity contribution >= 4 is 17.2 Å². The fraction of sp³-hybridized carbons (Fsp3) is 0.524. The number of hydrogen-bond acceptors (Lipinski definition) is 5. The highest BCUT2D eigenvalue weighted by Crippen LogP contribution is 2.38. The summed E-state index contributed by atoms with van der Waals surface area (Å²) in [7, 11) is 0. The molecule has 1 aromatic carbocycles. The Morgan fingerprint density at radius 3 is 2.57 bits per heavy atom. The molecule has 1 aliphatic carbocycles. The Balaban J connectivity index is 1.40. The van der Waals surface area contributed by atoms with Gasteiger partial charge in [-0.25, -0.2) is 9.37 Å². The number of aromatic nitrogens is 1. The smallest absolute Gasteiger partial charge is 0.282 e. The number of rotatable bonds is 4. The third-order valence-electron chi connectivity index (χ3n) is 5.77. The zero-order valence-electron chi connectivity index (χ0n) is 16.0. The van der Waals surface area contributed by atoms with Crippen LogP contribution in [0.5, 0.6) is 5.75 Å². The van der Waals surface area contributed by atoms with Gasteiger partial charge in [0.05, 0.1) is 11.8 Å². The average molecular weight is 405 g/mol. The van der Waals surface area contributed by atoms with Gasteiger partial charge in [0.15, 0.2) is 5.01 Å². The summed E-state index contributed by atoms with van der Waals surface area (Å²) in [5.74, 6) is 1.09. The number of halogens is 1. The largest absolute Gasteiger partial charge is 0.488 e. The molecule has 4 rings (SSSR count). The van der Waals surface area contributed by atoms with Crippen LogP contribution in [0.1, 0.15) is 48.1 Å². The first-order valence-corrected chi connectivity index (χ1v) is 10.6. The van der Waals surface area contributed by atoms with Gasteiger partial charge in [-0.3, -0.25) is 4.79 Å². The molecule has 1 N–H and O–H groups in total. The van der Waals surface area contributed by atoms with E-state index in [2.05, 4.69) is 18.8 Å². The first kappa shape index (κ1) is 19.3. The molecule has 2 aromatic rings. The predicted octanol–water partition coefficient (Wildman–Crippen LogP) is 3.70. The Kier molecular flexibility index (Phi) is 5.38. The second-order valence-corrected chi connectivity index (χ2v) is 8.97. The van der Waals surface area contributed by atoms with Crippen molar-refractivity contribution in [2.45, 2.75) is 44.8 Å². The van der Waals surface area contributed by atoms with E-state index < -0.39 is 6.10 Å². The normalized spacial score (nSPS) is 27.1. The van der Waals surface area contributed by atoms with Crippen molar-refractivity contribution < 1.29 is 19.0 Å². The molecule has 0 unspecified atom stereocenters. The lowest BCUT2D eigenvalue weighted by atomic mass is 9.78. The van der Waals surface area contributed by atoms with Crippen LogP contribution in [-0.4, -0.2) is 46.2 Å². The standard InChI is InChI=1S/C21H25FN2O3S/c1-12(2)17-11-28-20(23-17)21(26)24-9-13-7-18(25)19(8-14(13)10-24)27-16-5-3-15(22)4-6-16/h3-6,11-14,18-19,25H,7-10H2,1-2H3/t13-,14+,18+,19+/m0/s1. The molecule has 5 nitrogen and oxygen atoms in total. The van der Waals surface area contributed by atoms with Crippen LogP contribution < -0.4 is 4.74 Å². The molecule has 2 fully saturated rings. The van der Waals surface area contributed by atoms with Crippen molar-refractivity contribution in [1.82, 2.24) is 9.88 Å². The summed E-state index contributed by atoms with van der Waals surface area (Å²) < 4.78 is 19.0. The Hall–Kier alpha value is -1.99. The Morgan fingerprint density at radius 2 is 1.93 bits per heavy atom. The number of nitrogens with zero attached hydrogens (tertiary/aromatic N) is 2. The molecule has 0 radical (unpaired) electrons. The third kappa shape index (κ3) is 3.91. The van der Waals surface area contributed by atoms with Crippen molar-refractivity contribution in [3.05, 3.63) is 46.2 Å². The van der Waals surface area contributed by atoms with Gasteiger partial charge in [0.1, 0.15) is 17.7 Å². The van der Waals surface area contributed by atoms with Gasteiger partial charge in [-0.15, -0.1) is 11.3 Å². The number of likely N-dealkylation sites (tertiary alicyclic amines) is 1. The van der Waals surface area contributed by atoms with Gasteiger partial charge >= 0.3 is 0 Å². The minimum atomic E-state index is -0.589. The zero-order chi connectivity index (χ0) is 19.8. The van der Waals surface area contributed by atoms with Gasteiger partial charge in [0, 0.05) is 18.5 Å². The molecule has 1 aromatic heterocycles. The number of carbonyl (C=O) groups is 1. The van der Waals surface area contributed by atoms with Crippen LogP contribution in [0.3, 0.4) is 0 Å². The number of benzene rings is 1. The summed E-state index contributed by atoms with van der Waals surface area (Å²) in [5, 5.41) is 13.0. The summed E-state index contributed by atoms with van der Waals surface area (Å²) in [6.45, 7) is 5.45. The SMILES string of the molecule is CC(C)c1csc(C(=O)N2C[C@H]3C[C@@H](Oc4ccc(F)cc4)[C@H](O)C[C@H]3C2)n1. The van der Waals surface area contributed by atoms with Gasteiger partial charge in [-0.2, -0.15) is 0 Å². The summed E-state index contributed by atoms with van der Waals surface area (Å²) in [4.78, 5) is 19.2. The van der Waals surface area contributed by atoms with Crippen LogP contribution in [0.2, 0.25) is 0 Å². The molecule has 1 amide bonds. The number of fused-ring (bicyclic) bond motifs is 1. The van der Waals surface area contributed by atoms with E-state index >= 15 is 0 Å². The van der Waals surface area contributed by atoms with Gasteiger partial charge in [0.2, 0.25) is 0 Å². The summed E-state index contributed by atoms with van der Waals surface area (Å²) in [6, 6.07) is 5.85. The number of thiazole rings is 1. The molecule has 2 aliphatic rings. The molecular weight excluding hydrogens is 379 g/mol. The molecule has 0 spiro atoms. The van der Waals surface area contributed by atoms with Gasteiger partial charge < -0.3 is 14.7 Å². The molecule has 0 bridgehead atoms. The maximum Gasteiger partial charge on any atom is 0.282 e. The first-order chi connectivity index (χ1) is 13.4. The number of ether oxygens (including phenoxy) is 1. The molecule has 4 atom stereocenters. The van der Waals surface area contributed by atoms with Crippen molar-refractivity contribution in [2.24, 2.45) is 11.8 Å². The number of hydrogen-bond donors (Lipinski definition) is 1. The van der Waals surface area contributed by atoms with E-state index in [0.29, 0.717) is 48.5 Å². The molecule has 1 aliphatic heterocycles. The quantitative estimate of drug-likeness (QED) is 0.844. The van der Waals surface area contributed by atoms with Crippen LogP contribution in [0.15, 0.2) is 29.6 Å². The molecule has 150 valence electrons. The Bertz CT molecular complexity index is 838. The zero-order valence-corrected chi connectivity index (χ0v) is 16.9. The van der Waals surface area contributed by atoms with E-state index in [9.17, 15) is 14.3 Å². The average Bonchev–Trinajstić information content (AvgIpc) is 3.30. The van der Waals surface area contributed by atoms with Gasteiger partial charge in [-0.1, -0.05) is 13.8 Å². The highest BCUT2D eigenvalue weighted by Gasteiger charge is 2.44. The minimum absolute atomic E-state index is 0.0169. The summed E-state index contributed by atoms with van der Waals surface area (Å²) >= 11 is 1.40. The van der Waals surface area contributed by atoms with E-state index in [4.69, 9.17) is 4.74 Å². The lowest BCUT2D eigenvalue weighted by Gasteiger charge is -2.35. The fourth-order valence-corrected chi connectivity index (χ4v) is 5.10. The molecule has 1 saturated heterocycles. The molecular formula is C21H25FN2O3S. The van der Waals surface area contributed by atoms with Crippen LogP contribution in [-0.2, 0) is 0 Å². The maximum absolute atomic E-state index is 13.1. The number of aliphatic hydroxyl groups excluding tert-OH is 1. The molecule has 1 saturated carbocycles. The van der Waals surface area contributed by atoms with Crippen LogP contribution in [0.4, 0.5) is 4.39 Å². The predicted molar refractivity (Wildman–Crippen MR) is 105 cm³/mol. The van der Waals surface area contributed by atoms with Crippen LogP contribution >= 0.6 is 11.3 Å². The Morgan fingerprint density at radius 1 is 1.25 bits per heavy atom. The van der Waals surface area contributed by atoms with E-state index in [1.165, 1.54) is 23.5 Å². The molecule has 2 heterocycles. The fourth-order valence-electron chi connectivity index (χ4n) is 4.16. The highest BCUT2D eigenvalue weighted by atomic mass is 32.1. The van der Waals surface area contributed by atoms with E-state index in [-0.39, 0.29) is 23.7 Å². The van der Waals surface area contributed by atoms with E-state index in [1.54, 1.807) is 12.1 Å². The van der Waals surface area contributed by atoms with E-state index in [0.717, 1.165) is 5.69 Å². The van der Waals surface area contributed by atoms with Crippen molar-refractivity contribution in [3.63, 3.8) is 0 Å². The molecule has 7 heteroatoms.